The molecule has 0 heterocycles. The van der Waals surface area contributed by atoms with Crippen molar-refractivity contribution in [3.05, 3.63) is 23.8 Å². The molecule has 0 atom stereocenters. The van der Waals surface area contributed by atoms with E-state index in [4.69, 9.17) is 9.84 Å². The van der Waals surface area contributed by atoms with Gasteiger partial charge in [0.2, 0.25) is 5.91 Å². The quantitative estimate of drug-likeness (QED) is 0.681. The highest BCUT2D eigenvalue weighted by Gasteiger charge is 2.12. The van der Waals surface area contributed by atoms with Crippen molar-refractivity contribution in [2.45, 2.75) is 45.4 Å². The number of nitrogens with one attached hydrogen (secondary N) is 1. The van der Waals surface area contributed by atoms with Gasteiger partial charge in [-0.25, -0.2) is 4.79 Å². The van der Waals surface area contributed by atoms with Gasteiger partial charge in [0.15, 0.2) is 0 Å². The van der Waals surface area contributed by atoms with Crippen molar-refractivity contribution in [2.24, 2.45) is 0 Å². The Labute approximate surface area is 125 Å². The van der Waals surface area contributed by atoms with Crippen LogP contribution in [0, 0.1) is 0 Å². The number of aromatic carboxylic acids is 1. The van der Waals surface area contributed by atoms with E-state index in [-0.39, 0.29) is 17.2 Å². The van der Waals surface area contributed by atoms with Gasteiger partial charge in [0, 0.05) is 18.2 Å². The molecular formula is C16H23NO4. The maximum atomic E-state index is 11.8. The van der Waals surface area contributed by atoms with Crippen LogP contribution in [0.3, 0.4) is 0 Å². The van der Waals surface area contributed by atoms with Crippen LogP contribution in [0.15, 0.2) is 18.2 Å². The number of carboxylic acid groups (broad SMARTS) is 1. The normalized spacial score (nSPS) is 10.2. The number of carbonyl (C=O) groups is 2. The van der Waals surface area contributed by atoms with E-state index in [9.17, 15) is 9.59 Å². The number of anilines is 1. The molecule has 2 N–H and O–H groups in total. The predicted molar refractivity (Wildman–Crippen MR) is 82.0 cm³/mol. The van der Waals surface area contributed by atoms with Crippen LogP contribution in [0.4, 0.5) is 5.69 Å². The zero-order valence-electron chi connectivity index (χ0n) is 12.6. The molecule has 1 amide bonds. The largest absolute Gasteiger partial charge is 0.496 e. The Morgan fingerprint density at radius 2 is 1.90 bits per heavy atom. The minimum Gasteiger partial charge on any atom is -0.496 e. The maximum absolute atomic E-state index is 11.8. The summed E-state index contributed by atoms with van der Waals surface area (Å²) in [6.45, 7) is 2.15. The number of carbonyl (C=O) groups excluding carboxylic acids is 1. The molecule has 0 aliphatic carbocycles. The molecule has 0 bridgehead atoms. The molecule has 116 valence electrons. The SMILES string of the molecule is CCCCCCCC(=O)Nc1ccc(C(=O)O)c(OC)c1. The predicted octanol–water partition coefficient (Wildman–Crippen LogP) is 3.69. The lowest BCUT2D eigenvalue weighted by atomic mass is 10.1. The molecule has 5 heteroatoms. The van der Waals surface area contributed by atoms with Gasteiger partial charge in [0.1, 0.15) is 11.3 Å². The first-order chi connectivity index (χ1) is 10.1. The lowest BCUT2D eigenvalue weighted by Gasteiger charge is -2.09. The molecule has 0 aliphatic heterocycles. The summed E-state index contributed by atoms with van der Waals surface area (Å²) in [6.07, 6.45) is 5.95. The summed E-state index contributed by atoms with van der Waals surface area (Å²) >= 11 is 0. The molecule has 0 fully saturated rings. The van der Waals surface area contributed by atoms with Gasteiger partial charge in [0.05, 0.1) is 7.11 Å². The zero-order chi connectivity index (χ0) is 15.7. The smallest absolute Gasteiger partial charge is 0.339 e. The van der Waals surface area contributed by atoms with Gasteiger partial charge in [-0.15, -0.1) is 0 Å². The van der Waals surface area contributed by atoms with E-state index in [2.05, 4.69) is 12.2 Å². The van der Waals surface area contributed by atoms with Crippen LogP contribution in [0.5, 0.6) is 5.75 Å². The maximum Gasteiger partial charge on any atom is 0.339 e. The summed E-state index contributed by atoms with van der Waals surface area (Å²) < 4.78 is 5.02. The molecule has 0 unspecified atom stereocenters. The van der Waals surface area contributed by atoms with Crippen molar-refractivity contribution in [3.63, 3.8) is 0 Å². The lowest BCUT2D eigenvalue weighted by molar-refractivity contribution is -0.116. The molecule has 1 aromatic carbocycles. The second-order valence-corrected chi connectivity index (χ2v) is 4.93. The Morgan fingerprint density at radius 1 is 1.19 bits per heavy atom. The highest BCUT2D eigenvalue weighted by Crippen LogP contribution is 2.23. The van der Waals surface area contributed by atoms with Gasteiger partial charge >= 0.3 is 5.97 Å². The Kier molecular flexibility index (Phi) is 7.29. The number of rotatable bonds is 9. The third kappa shape index (κ3) is 5.85. The lowest BCUT2D eigenvalue weighted by Crippen LogP contribution is -2.11. The fraction of sp³-hybridized carbons (Fsp3) is 0.500. The second-order valence-electron chi connectivity index (χ2n) is 4.93. The van der Waals surface area contributed by atoms with Crippen molar-refractivity contribution in [1.29, 1.82) is 0 Å². The minimum atomic E-state index is -1.05. The van der Waals surface area contributed by atoms with Crippen LogP contribution >= 0.6 is 0 Å². The molecule has 0 spiro atoms. The van der Waals surface area contributed by atoms with Crippen molar-refractivity contribution >= 4 is 17.6 Å². The Morgan fingerprint density at radius 3 is 2.52 bits per heavy atom. The Bertz CT molecular complexity index is 485. The van der Waals surface area contributed by atoms with Crippen molar-refractivity contribution in [1.82, 2.24) is 0 Å². The monoisotopic (exact) mass is 293 g/mol. The van der Waals surface area contributed by atoms with Gasteiger partial charge in [-0.2, -0.15) is 0 Å². The molecule has 0 aliphatic rings. The van der Waals surface area contributed by atoms with E-state index in [0.29, 0.717) is 12.1 Å². The number of unbranched alkanes of at least 4 members (excludes halogenated alkanes) is 4. The molecule has 0 saturated heterocycles. The molecule has 21 heavy (non-hydrogen) atoms. The van der Waals surface area contributed by atoms with Crippen molar-refractivity contribution in [2.75, 3.05) is 12.4 Å². The molecule has 0 saturated carbocycles. The average molecular weight is 293 g/mol. The van der Waals surface area contributed by atoms with Gasteiger partial charge in [-0.3, -0.25) is 4.79 Å². The molecule has 1 rings (SSSR count). The van der Waals surface area contributed by atoms with E-state index in [1.54, 1.807) is 6.07 Å². The van der Waals surface area contributed by atoms with Crippen molar-refractivity contribution < 1.29 is 19.4 Å². The Hall–Kier alpha value is -2.04. The summed E-state index contributed by atoms with van der Waals surface area (Å²) in [6, 6.07) is 4.53. The van der Waals surface area contributed by atoms with Crippen LogP contribution in [0.2, 0.25) is 0 Å². The van der Waals surface area contributed by atoms with Crippen LogP contribution in [0.25, 0.3) is 0 Å². The molecule has 0 aromatic heterocycles. The first kappa shape index (κ1) is 17.0. The third-order valence-electron chi connectivity index (χ3n) is 3.22. The number of hydrogen-bond acceptors (Lipinski definition) is 3. The third-order valence-corrected chi connectivity index (χ3v) is 3.22. The molecule has 5 nitrogen and oxygen atoms in total. The summed E-state index contributed by atoms with van der Waals surface area (Å²) in [5, 5.41) is 11.8. The van der Waals surface area contributed by atoms with Gasteiger partial charge < -0.3 is 15.2 Å². The fourth-order valence-corrected chi connectivity index (χ4v) is 2.06. The Balaban J connectivity index is 2.51. The summed E-state index contributed by atoms with van der Waals surface area (Å²) in [5.74, 6) is -0.875. The number of hydrogen-bond donors (Lipinski definition) is 2. The highest BCUT2D eigenvalue weighted by atomic mass is 16.5. The van der Waals surface area contributed by atoms with Crippen molar-refractivity contribution in [3.8, 4) is 5.75 Å². The fourth-order valence-electron chi connectivity index (χ4n) is 2.06. The van der Waals surface area contributed by atoms with Crippen LogP contribution in [0.1, 0.15) is 55.8 Å². The van der Waals surface area contributed by atoms with Gasteiger partial charge in [-0.1, -0.05) is 32.6 Å². The van der Waals surface area contributed by atoms with Crippen LogP contribution < -0.4 is 10.1 Å². The van der Waals surface area contributed by atoms with E-state index in [0.717, 1.165) is 19.3 Å². The van der Waals surface area contributed by atoms with E-state index < -0.39 is 5.97 Å². The number of amides is 1. The minimum absolute atomic E-state index is 0.0587. The topological polar surface area (TPSA) is 75.6 Å². The number of benzene rings is 1. The molecule has 1 aromatic rings. The summed E-state index contributed by atoms with van der Waals surface area (Å²) in [4.78, 5) is 22.8. The summed E-state index contributed by atoms with van der Waals surface area (Å²) in [5.41, 5.74) is 0.630. The highest BCUT2D eigenvalue weighted by molar-refractivity contribution is 5.94. The molecule has 0 radical (unpaired) electrons. The number of carboxylic acids is 1. The average Bonchev–Trinajstić information content (AvgIpc) is 2.46. The second kappa shape index (κ2) is 9.00. The van der Waals surface area contributed by atoms with Crippen LogP contribution in [-0.2, 0) is 4.79 Å². The first-order valence-corrected chi connectivity index (χ1v) is 7.29. The number of methoxy groups -OCH3 is 1. The van der Waals surface area contributed by atoms with Gasteiger partial charge in [0.25, 0.3) is 0 Å². The zero-order valence-corrected chi connectivity index (χ0v) is 12.6. The number of ether oxygens (including phenoxy) is 1. The van der Waals surface area contributed by atoms with Crippen LogP contribution in [-0.4, -0.2) is 24.1 Å². The van der Waals surface area contributed by atoms with E-state index >= 15 is 0 Å². The van der Waals surface area contributed by atoms with Gasteiger partial charge in [-0.05, 0) is 18.6 Å². The summed E-state index contributed by atoms with van der Waals surface area (Å²) in [7, 11) is 1.40. The first-order valence-electron chi connectivity index (χ1n) is 7.29. The standard InChI is InChI=1S/C16H23NO4/c1-3-4-5-6-7-8-15(18)17-12-9-10-13(16(19)20)14(11-12)21-2/h9-11H,3-8H2,1-2H3,(H,17,18)(H,19,20). The van der Waals surface area contributed by atoms with E-state index in [1.165, 1.54) is 32.1 Å². The van der Waals surface area contributed by atoms with E-state index in [1.807, 2.05) is 0 Å². The molecular weight excluding hydrogens is 270 g/mol.